The van der Waals surface area contributed by atoms with Crippen LogP contribution in [0.25, 0.3) is 0 Å². The molecule has 0 bridgehead atoms. The van der Waals surface area contributed by atoms with Crippen molar-refractivity contribution in [1.82, 2.24) is 5.32 Å². The van der Waals surface area contributed by atoms with E-state index in [4.69, 9.17) is 0 Å². The van der Waals surface area contributed by atoms with E-state index < -0.39 is 0 Å². The van der Waals surface area contributed by atoms with Crippen LogP contribution >= 0.6 is 0 Å². The summed E-state index contributed by atoms with van der Waals surface area (Å²) in [5.74, 6) is 0.0459. The van der Waals surface area contributed by atoms with Gasteiger partial charge in [0, 0.05) is 17.8 Å². The Morgan fingerprint density at radius 1 is 1.42 bits per heavy atom. The summed E-state index contributed by atoms with van der Waals surface area (Å²) in [4.78, 5) is 23.7. The number of benzene rings is 1. The molecule has 0 saturated carbocycles. The van der Waals surface area contributed by atoms with Gasteiger partial charge in [0.1, 0.15) is 0 Å². The number of carbonyl (C=O) groups is 2. The number of anilines is 1. The van der Waals surface area contributed by atoms with Crippen molar-refractivity contribution in [2.45, 2.75) is 26.7 Å². The van der Waals surface area contributed by atoms with Crippen molar-refractivity contribution in [2.24, 2.45) is 5.41 Å². The molecule has 1 atom stereocenters. The van der Waals surface area contributed by atoms with E-state index in [1.165, 1.54) is 6.92 Å². The molecule has 4 heteroatoms. The maximum absolute atomic E-state index is 12.4. The average molecular weight is 260 g/mol. The van der Waals surface area contributed by atoms with Crippen LogP contribution in [0, 0.1) is 5.41 Å². The first-order chi connectivity index (χ1) is 9.07. The summed E-state index contributed by atoms with van der Waals surface area (Å²) in [6.45, 7) is 5.17. The van der Waals surface area contributed by atoms with Crippen LogP contribution in [0.3, 0.4) is 0 Å². The van der Waals surface area contributed by atoms with Crippen LogP contribution in [0.15, 0.2) is 24.3 Å². The van der Waals surface area contributed by atoms with Gasteiger partial charge < -0.3 is 10.6 Å². The molecule has 1 heterocycles. The average Bonchev–Trinajstić information content (AvgIpc) is 2.89. The number of amides is 1. The second-order valence-corrected chi connectivity index (χ2v) is 5.15. The highest BCUT2D eigenvalue weighted by Crippen LogP contribution is 2.31. The molecule has 1 aromatic carbocycles. The lowest BCUT2D eigenvalue weighted by molar-refractivity contribution is -0.124. The molecule has 1 unspecified atom stereocenters. The van der Waals surface area contributed by atoms with Crippen molar-refractivity contribution >= 4 is 17.4 Å². The Labute approximate surface area is 113 Å². The van der Waals surface area contributed by atoms with Crippen LogP contribution < -0.4 is 10.6 Å². The van der Waals surface area contributed by atoms with Gasteiger partial charge in [0.25, 0.3) is 0 Å². The van der Waals surface area contributed by atoms with E-state index in [1.807, 2.05) is 13.0 Å². The molecule has 102 valence electrons. The Bertz CT molecular complexity index is 491. The zero-order chi connectivity index (χ0) is 13.9. The Kier molecular flexibility index (Phi) is 4.00. The summed E-state index contributed by atoms with van der Waals surface area (Å²) in [5, 5.41) is 6.19. The maximum atomic E-state index is 12.4. The van der Waals surface area contributed by atoms with Gasteiger partial charge in [0.2, 0.25) is 5.91 Å². The minimum atomic E-state index is -0.313. The number of ketones is 1. The van der Waals surface area contributed by atoms with Crippen LogP contribution in [0.4, 0.5) is 5.69 Å². The third kappa shape index (κ3) is 2.84. The van der Waals surface area contributed by atoms with E-state index in [2.05, 4.69) is 10.6 Å². The highest BCUT2D eigenvalue weighted by atomic mass is 16.2. The van der Waals surface area contributed by atoms with Gasteiger partial charge in [0.15, 0.2) is 5.78 Å². The van der Waals surface area contributed by atoms with Crippen molar-refractivity contribution in [3.05, 3.63) is 29.8 Å². The van der Waals surface area contributed by atoms with Gasteiger partial charge in [-0.1, -0.05) is 19.1 Å². The van der Waals surface area contributed by atoms with Gasteiger partial charge in [-0.15, -0.1) is 0 Å². The number of hydrogen-bond donors (Lipinski definition) is 2. The molecule has 1 saturated heterocycles. The predicted octanol–water partition coefficient (Wildman–Crippen LogP) is 2.22. The van der Waals surface area contributed by atoms with Crippen molar-refractivity contribution in [3.63, 3.8) is 0 Å². The largest absolute Gasteiger partial charge is 0.326 e. The zero-order valence-electron chi connectivity index (χ0n) is 11.5. The van der Waals surface area contributed by atoms with Crippen molar-refractivity contribution in [3.8, 4) is 0 Å². The first kappa shape index (κ1) is 13.7. The molecule has 1 amide bonds. The normalized spacial score (nSPS) is 22.2. The molecule has 1 aromatic rings. The van der Waals surface area contributed by atoms with E-state index in [1.54, 1.807) is 18.2 Å². The minimum Gasteiger partial charge on any atom is -0.326 e. The Morgan fingerprint density at radius 3 is 2.79 bits per heavy atom. The standard InChI is InChI=1S/C15H20N2O2/c1-3-15(7-8-16-10-15)14(19)17-13-6-4-5-12(9-13)11(2)18/h4-6,9,16H,3,7-8,10H2,1-2H3,(H,17,19). The number of Topliss-reactive ketones (excluding diaryl/α,β-unsaturated/α-hetero) is 1. The summed E-state index contributed by atoms with van der Waals surface area (Å²) in [6, 6.07) is 7.09. The highest BCUT2D eigenvalue weighted by molar-refractivity contribution is 5.98. The van der Waals surface area contributed by atoms with Crippen LogP contribution in [0.2, 0.25) is 0 Å². The van der Waals surface area contributed by atoms with Crippen LogP contribution in [0.5, 0.6) is 0 Å². The number of rotatable bonds is 4. The summed E-state index contributed by atoms with van der Waals surface area (Å²) >= 11 is 0. The van der Waals surface area contributed by atoms with E-state index in [-0.39, 0.29) is 17.1 Å². The molecule has 2 N–H and O–H groups in total. The summed E-state index contributed by atoms with van der Waals surface area (Å²) < 4.78 is 0. The van der Waals surface area contributed by atoms with E-state index in [9.17, 15) is 9.59 Å². The lowest BCUT2D eigenvalue weighted by Gasteiger charge is -2.25. The molecular weight excluding hydrogens is 240 g/mol. The molecule has 0 aromatic heterocycles. The lowest BCUT2D eigenvalue weighted by Crippen LogP contribution is -2.37. The van der Waals surface area contributed by atoms with Gasteiger partial charge in [0.05, 0.1) is 5.41 Å². The second-order valence-electron chi connectivity index (χ2n) is 5.15. The minimum absolute atomic E-state index is 0.00355. The van der Waals surface area contributed by atoms with Gasteiger partial charge in [-0.3, -0.25) is 9.59 Å². The van der Waals surface area contributed by atoms with Crippen LogP contribution in [-0.4, -0.2) is 24.8 Å². The first-order valence-electron chi connectivity index (χ1n) is 6.70. The lowest BCUT2D eigenvalue weighted by atomic mass is 9.83. The Hall–Kier alpha value is -1.68. The molecule has 2 rings (SSSR count). The Morgan fingerprint density at radius 2 is 2.21 bits per heavy atom. The molecule has 1 fully saturated rings. The maximum Gasteiger partial charge on any atom is 0.231 e. The van der Waals surface area contributed by atoms with Gasteiger partial charge >= 0.3 is 0 Å². The summed E-state index contributed by atoms with van der Waals surface area (Å²) in [5.41, 5.74) is 0.997. The van der Waals surface area contributed by atoms with E-state index >= 15 is 0 Å². The fraction of sp³-hybridized carbons (Fsp3) is 0.467. The Balaban J connectivity index is 2.14. The smallest absolute Gasteiger partial charge is 0.231 e. The SMILES string of the molecule is CCC1(C(=O)Nc2cccc(C(C)=O)c2)CCNC1. The highest BCUT2D eigenvalue weighted by Gasteiger charge is 2.39. The van der Waals surface area contributed by atoms with Crippen molar-refractivity contribution < 1.29 is 9.59 Å². The zero-order valence-corrected chi connectivity index (χ0v) is 11.5. The molecule has 0 radical (unpaired) electrons. The quantitative estimate of drug-likeness (QED) is 0.816. The fourth-order valence-electron chi connectivity index (χ4n) is 2.48. The van der Waals surface area contributed by atoms with Crippen molar-refractivity contribution in [1.29, 1.82) is 0 Å². The molecule has 1 aliphatic heterocycles. The van der Waals surface area contributed by atoms with E-state index in [0.29, 0.717) is 11.3 Å². The third-order valence-electron chi connectivity index (χ3n) is 3.93. The molecule has 0 aliphatic carbocycles. The second kappa shape index (κ2) is 5.53. The number of nitrogens with one attached hydrogen (secondary N) is 2. The third-order valence-corrected chi connectivity index (χ3v) is 3.93. The van der Waals surface area contributed by atoms with Gasteiger partial charge in [-0.2, -0.15) is 0 Å². The monoisotopic (exact) mass is 260 g/mol. The van der Waals surface area contributed by atoms with Gasteiger partial charge in [-0.05, 0) is 38.4 Å². The number of carbonyl (C=O) groups excluding carboxylic acids is 2. The first-order valence-corrected chi connectivity index (χ1v) is 6.70. The molecule has 0 spiro atoms. The predicted molar refractivity (Wildman–Crippen MR) is 75.3 cm³/mol. The van der Waals surface area contributed by atoms with Gasteiger partial charge in [-0.25, -0.2) is 0 Å². The number of hydrogen-bond acceptors (Lipinski definition) is 3. The fourth-order valence-corrected chi connectivity index (χ4v) is 2.48. The molecular formula is C15H20N2O2. The summed E-state index contributed by atoms with van der Waals surface area (Å²) in [7, 11) is 0. The van der Waals surface area contributed by atoms with Crippen LogP contribution in [-0.2, 0) is 4.79 Å². The van der Waals surface area contributed by atoms with Crippen LogP contribution in [0.1, 0.15) is 37.0 Å². The van der Waals surface area contributed by atoms with E-state index in [0.717, 1.165) is 25.9 Å². The molecule has 4 nitrogen and oxygen atoms in total. The molecule has 1 aliphatic rings. The molecule has 19 heavy (non-hydrogen) atoms. The summed E-state index contributed by atoms with van der Waals surface area (Å²) in [6.07, 6.45) is 1.68. The van der Waals surface area contributed by atoms with Crippen molar-refractivity contribution in [2.75, 3.05) is 18.4 Å². The topological polar surface area (TPSA) is 58.2 Å².